The summed E-state index contributed by atoms with van der Waals surface area (Å²) < 4.78 is 38.0. The molecule has 6 nitrogen and oxygen atoms in total. The van der Waals surface area contributed by atoms with Gasteiger partial charge >= 0.3 is 0 Å². The quantitative estimate of drug-likeness (QED) is 0.781. The number of hydrogen-bond donors (Lipinski definition) is 2. The van der Waals surface area contributed by atoms with Crippen LogP contribution in [-0.4, -0.2) is 40.9 Å². The van der Waals surface area contributed by atoms with E-state index >= 15 is 0 Å². The fourth-order valence-electron chi connectivity index (χ4n) is 1.68. The van der Waals surface area contributed by atoms with Crippen molar-refractivity contribution < 1.29 is 17.9 Å². The van der Waals surface area contributed by atoms with E-state index in [-0.39, 0.29) is 23.2 Å². The van der Waals surface area contributed by atoms with Crippen LogP contribution in [0.2, 0.25) is 0 Å². The fraction of sp³-hybridized carbons (Fsp3) is 0.455. The second-order valence-electron chi connectivity index (χ2n) is 4.10. The highest BCUT2D eigenvalue weighted by molar-refractivity contribution is 9.10. The Labute approximate surface area is 120 Å². The SMILES string of the molecule is Nc1ccc(Br)cc1S(=O)(=O)NCC1COCCO1. The van der Waals surface area contributed by atoms with Crippen LogP contribution in [-0.2, 0) is 19.5 Å². The number of nitrogens with two attached hydrogens (primary N) is 1. The van der Waals surface area contributed by atoms with Crippen molar-refractivity contribution in [1.29, 1.82) is 0 Å². The van der Waals surface area contributed by atoms with Gasteiger partial charge in [0.15, 0.2) is 0 Å². The van der Waals surface area contributed by atoms with Gasteiger partial charge in [-0.3, -0.25) is 0 Å². The number of hydrogen-bond acceptors (Lipinski definition) is 5. The van der Waals surface area contributed by atoms with Gasteiger partial charge in [-0.25, -0.2) is 13.1 Å². The van der Waals surface area contributed by atoms with Crippen molar-refractivity contribution in [1.82, 2.24) is 4.72 Å². The van der Waals surface area contributed by atoms with Gasteiger partial charge in [-0.05, 0) is 18.2 Å². The van der Waals surface area contributed by atoms with Gasteiger partial charge < -0.3 is 15.2 Å². The molecule has 2 rings (SSSR count). The van der Waals surface area contributed by atoms with Gasteiger partial charge in [0.25, 0.3) is 0 Å². The van der Waals surface area contributed by atoms with Crippen LogP contribution in [0.15, 0.2) is 27.6 Å². The second kappa shape index (κ2) is 6.19. The first-order chi connectivity index (χ1) is 8.99. The highest BCUT2D eigenvalue weighted by Gasteiger charge is 2.21. The summed E-state index contributed by atoms with van der Waals surface area (Å²) in [6.07, 6.45) is -0.267. The van der Waals surface area contributed by atoms with E-state index in [0.717, 1.165) is 0 Å². The van der Waals surface area contributed by atoms with E-state index < -0.39 is 10.0 Å². The van der Waals surface area contributed by atoms with Crippen molar-refractivity contribution in [2.45, 2.75) is 11.0 Å². The smallest absolute Gasteiger partial charge is 0.242 e. The molecule has 0 bridgehead atoms. The Balaban J connectivity index is 2.07. The molecule has 0 amide bonds. The minimum Gasteiger partial charge on any atom is -0.398 e. The number of nitrogens with one attached hydrogen (secondary N) is 1. The molecule has 1 aliphatic rings. The van der Waals surface area contributed by atoms with E-state index in [1.54, 1.807) is 12.1 Å². The first-order valence-electron chi connectivity index (χ1n) is 5.73. The number of halogens is 1. The summed E-state index contributed by atoms with van der Waals surface area (Å²) in [7, 11) is -3.65. The average molecular weight is 351 g/mol. The van der Waals surface area contributed by atoms with Gasteiger partial charge in [-0.1, -0.05) is 15.9 Å². The molecule has 0 saturated carbocycles. The lowest BCUT2D eigenvalue weighted by Gasteiger charge is -2.23. The van der Waals surface area contributed by atoms with Gasteiger partial charge in [-0.2, -0.15) is 0 Å². The molecule has 3 N–H and O–H groups in total. The monoisotopic (exact) mass is 350 g/mol. The lowest BCUT2D eigenvalue weighted by molar-refractivity contribution is -0.0846. The molecule has 1 fully saturated rings. The third-order valence-electron chi connectivity index (χ3n) is 2.65. The Hall–Kier alpha value is -0.670. The van der Waals surface area contributed by atoms with Gasteiger partial charge in [0.1, 0.15) is 4.90 Å². The van der Waals surface area contributed by atoms with Gasteiger partial charge in [0.05, 0.1) is 31.6 Å². The van der Waals surface area contributed by atoms with E-state index in [9.17, 15) is 8.42 Å². The summed E-state index contributed by atoms with van der Waals surface area (Å²) in [5, 5.41) is 0. The van der Waals surface area contributed by atoms with Crippen LogP contribution in [0.1, 0.15) is 0 Å². The number of sulfonamides is 1. The van der Waals surface area contributed by atoms with Crippen molar-refractivity contribution in [3.8, 4) is 0 Å². The predicted octanol–water partition coefficient (Wildman–Crippen LogP) is 0.725. The lowest BCUT2D eigenvalue weighted by atomic mass is 10.3. The zero-order valence-corrected chi connectivity index (χ0v) is 12.5. The molecule has 1 aromatic rings. The zero-order valence-electron chi connectivity index (χ0n) is 10.1. The highest BCUT2D eigenvalue weighted by atomic mass is 79.9. The largest absolute Gasteiger partial charge is 0.398 e. The first-order valence-corrected chi connectivity index (χ1v) is 8.01. The maximum absolute atomic E-state index is 12.1. The maximum Gasteiger partial charge on any atom is 0.242 e. The van der Waals surface area contributed by atoms with Crippen LogP contribution in [0.4, 0.5) is 5.69 Å². The van der Waals surface area contributed by atoms with Gasteiger partial charge in [-0.15, -0.1) is 0 Å². The number of benzene rings is 1. The van der Waals surface area contributed by atoms with E-state index in [2.05, 4.69) is 20.7 Å². The molecule has 106 valence electrons. The molecule has 1 saturated heterocycles. The molecule has 8 heteroatoms. The number of anilines is 1. The van der Waals surface area contributed by atoms with Crippen LogP contribution in [0.25, 0.3) is 0 Å². The Morgan fingerprint density at radius 3 is 2.89 bits per heavy atom. The molecule has 0 aliphatic carbocycles. The number of nitrogen functional groups attached to an aromatic ring is 1. The van der Waals surface area contributed by atoms with E-state index in [1.807, 2.05) is 0 Å². The van der Waals surface area contributed by atoms with E-state index in [4.69, 9.17) is 15.2 Å². The molecule has 1 heterocycles. The highest BCUT2D eigenvalue weighted by Crippen LogP contribution is 2.22. The van der Waals surface area contributed by atoms with Crippen LogP contribution in [0.3, 0.4) is 0 Å². The molecule has 1 unspecified atom stereocenters. The summed E-state index contributed by atoms with van der Waals surface area (Å²) in [6, 6.07) is 4.70. The normalized spacial score (nSPS) is 20.4. The number of ether oxygens (including phenoxy) is 2. The van der Waals surface area contributed by atoms with Crippen molar-refractivity contribution in [2.24, 2.45) is 0 Å². The topological polar surface area (TPSA) is 90.7 Å². The first kappa shape index (κ1) is 14.7. The Morgan fingerprint density at radius 2 is 2.21 bits per heavy atom. The van der Waals surface area contributed by atoms with Crippen molar-refractivity contribution >= 4 is 31.6 Å². The zero-order chi connectivity index (χ0) is 13.9. The van der Waals surface area contributed by atoms with E-state index in [0.29, 0.717) is 24.3 Å². The molecular weight excluding hydrogens is 336 g/mol. The summed E-state index contributed by atoms with van der Waals surface area (Å²) in [5.74, 6) is 0. The Morgan fingerprint density at radius 1 is 1.42 bits per heavy atom. The average Bonchev–Trinajstić information content (AvgIpc) is 2.40. The van der Waals surface area contributed by atoms with Gasteiger partial charge in [0, 0.05) is 11.0 Å². The standard InChI is InChI=1S/C11H15BrN2O4S/c12-8-1-2-10(13)11(5-8)19(15,16)14-6-9-7-17-3-4-18-9/h1-2,5,9,14H,3-4,6-7,13H2. The molecule has 0 radical (unpaired) electrons. The van der Waals surface area contributed by atoms with Crippen molar-refractivity contribution in [3.05, 3.63) is 22.7 Å². The minimum atomic E-state index is -3.65. The van der Waals surface area contributed by atoms with Gasteiger partial charge in [0.2, 0.25) is 10.0 Å². The summed E-state index contributed by atoms with van der Waals surface area (Å²) in [6.45, 7) is 1.57. The fourth-order valence-corrected chi connectivity index (χ4v) is 3.41. The Kier molecular flexibility index (Phi) is 4.80. The van der Waals surface area contributed by atoms with E-state index in [1.165, 1.54) is 6.07 Å². The molecule has 1 aromatic carbocycles. The van der Waals surface area contributed by atoms with Crippen LogP contribution in [0, 0.1) is 0 Å². The van der Waals surface area contributed by atoms with Crippen LogP contribution >= 0.6 is 15.9 Å². The summed E-state index contributed by atoms with van der Waals surface area (Å²) in [5.41, 5.74) is 5.89. The molecular formula is C11H15BrN2O4S. The summed E-state index contributed by atoms with van der Waals surface area (Å²) in [4.78, 5) is 0.0543. The maximum atomic E-state index is 12.1. The second-order valence-corrected chi connectivity index (χ2v) is 6.75. The minimum absolute atomic E-state index is 0.0543. The predicted molar refractivity (Wildman–Crippen MR) is 74.3 cm³/mol. The Bertz CT molecular complexity index is 544. The molecule has 19 heavy (non-hydrogen) atoms. The number of rotatable bonds is 4. The van der Waals surface area contributed by atoms with Crippen LogP contribution in [0.5, 0.6) is 0 Å². The molecule has 1 aliphatic heterocycles. The van der Waals surface area contributed by atoms with Crippen molar-refractivity contribution in [2.75, 3.05) is 32.1 Å². The van der Waals surface area contributed by atoms with Crippen LogP contribution < -0.4 is 10.5 Å². The molecule has 0 spiro atoms. The summed E-state index contributed by atoms with van der Waals surface area (Å²) >= 11 is 3.22. The van der Waals surface area contributed by atoms with Crippen molar-refractivity contribution in [3.63, 3.8) is 0 Å². The third-order valence-corrected chi connectivity index (χ3v) is 4.62. The lowest BCUT2D eigenvalue weighted by Crippen LogP contribution is -2.39. The third kappa shape index (κ3) is 3.90. The molecule has 0 aromatic heterocycles. The molecule has 1 atom stereocenters.